The number of guanidine groups is 1. The van der Waals surface area contributed by atoms with Gasteiger partial charge in [-0.1, -0.05) is 37.3 Å². The Hall–Kier alpha value is -0.870. The molecule has 2 aliphatic heterocycles. The second-order valence-corrected chi connectivity index (χ2v) is 10.0. The van der Waals surface area contributed by atoms with E-state index in [-0.39, 0.29) is 35.5 Å². The van der Waals surface area contributed by atoms with Gasteiger partial charge in [-0.3, -0.25) is 9.89 Å². The number of hydrogen-bond acceptors (Lipinski definition) is 4. The predicted molar refractivity (Wildman–Crippen MR) is 126 cm³/mol. The minimum absolute atomic E-state index is 0. The summed E-state index contributed by atoms with van der Waals surface area (Å²) >= 11 is 0. The standard InChI is InChI=1S/C20H32N4O2S.HI/c1-17-16-24(10-8-19(17)18-6-4-3-5-7-18)20(21-2)22-9-11-23-12-14-27(25,26)15-13-23;/h3-7,17,19H,8-16H2,1-2H3,(H,21,22);1H. The lowest BCUT2D eigenvalue weighted by Crippen LogP contribution is -2.50. The van der Waals surface area contributed by atoms with E-state index in [4.69, 9.17) is 0 Å². The van der Waals surface area contributed by atoms with Gasteiger partial charge in [0.25, 0.3) is 0 Å². The highest BCUT2D eigenvalue weighted by Crippen LogP contribution is 2.32. The zero-order valence-electron chi connectivity index (χ0n) is 16.9. The second kappa shape index (κ2) is 10.8. The Labute approximate surface area is 186 Å². The molecule has 0 aliphatic carbocycles. The minimum atomic E-state index is -2.81. The van der Waals surface area contributed by atoms with Crippen LogP contribution in [0.5, 0.6) is 0 Å². The summed E-state index contributed by atoms with van der Waals surface area (Å²) in [7, 11) is -0.970. The summed E-state index contributed by atoms with van der Waals surface area (Å²) in [6, 6.07) is 10.8. The molecule has 1 N–H and O–H groups in total. The monoisotopic (exact) mass is 520 g/mol. The number of aliphatic imine (C=N–C) groups is 1. The molecule has 0 saturated carbocycles. The maximum Gasteiger partial charge on any atom is 0.193 e. The molecule has 2 fully saturated rings. The van der Waals surface area contributed by atoms with E-state index >= 15 is 0 Å². The maximum absolute atomic E-state index is 11.5. The molecule has 2 aliphatic rings. The molecule has 0 radical (unpaired) electrons. The van der Waals surface area contributed by atoms with Gasteiger partial charge in [-0.25, -0.2) is 8.42 Å². The molecule has 2 unspecified atom stereocenters. The molecule has 0 spiro atoms. The molecule has 1 aromatic carbocycles. The summed E-state index contributed by atoms with van der Waals surface area (Å²) in [6.07, 6.45) is 1.13. The zero-order valence-corrected chi connectivity index (χ0v) is 20.0. The average molecular weight is 520 g/mol. The van der Waals surface area contributed by atoms with Crippen molar-refractivity contribution < 1.29 is 8.42 Å². The largest absolute Gasteiger partial charge is 0.355 e. The Morgan fingerprint density at radius 1 is 1.18 bits per heavy atom. The maximum atomic E-state index is 11.5. The molecule has 28 heavy (non-hydrogen) atoms. The van der Waals surface area contributed by atoms with E-state index in [0.29, 0.717) is 24.9 Å². The fraction of sp³-hybridized carbons (Fsp3) is 0.650. The van der Waals surface area contributed by atoms with Gasteiger partial charge in [0.1, 0.15) is 0 Å². The van der Waals surface area contributed by atoms with Crippen LogP contribution in [0.4, 0.5) is 0 Å². The number of rotatable bonds is 4. The van der Waals surface area contributed by atoms with Crippen molar-refractivity contribution in [3.63, 3.8) is 0 Å². The van der Waals surface area contributed by atoms with E-state index in [9.17, 15) is 8.42 Å². The van der Waals surface area contributed by atoms with Crippen molar-refractivity contribution in [3.8, 4) is 0 Å². The van der Waals surface area contributed by atoms with Crippen molar-refractivity contribution in [1.29, 1.82) is 0 Å². The molecular formula is C20H33IN4O2S. The Balaban J connectivity index is 0.00000280. The highest BCUT2D eigenvalue weighted by molar-refractivity contribution is 14.0. The van der Waals surface area contributed by atoms with E-state index in [2.05, 4.69) is 57.4 Å². The minimum Gasteiger partial charge on any atom is -0.355 e. The van der Waals surface area contributed by atoms with Crippen molar-refractivity contribution in [2.24, 2.45) is 10.9 Å². The van der Waals surface area contributed by atoms with Gasteiger partial charge in [0, 0.05) is 46.3 Å². The highest BCUT2D eigenvalue weighted by Gasteiger charge is 2.28. The third-order valence-corrected chi connectivity index (χ3v) is 7.40. The molecule has 0 aromatic heterocycles. The van der Waals surface area contributed by atoms with Crippen LogP contribution in [0.15, 0.2) is 35.3 Å². The van der Waals surface area contributed by atoms with Gasteiger partial charge in [-0.05, 0) is 23.8 Å². The van der Waals surface area contributed by atoms with E-state index in [1.807, 2.05) is 7.05 Å². The van der Waals surface area contributed by atoms with Crippen LogP contribution < -0.4 is 5.32 Å². The van der Waals surface area contributed by atoms with Crippen LogP contribution in [-0.4, -0.2) is 82.0 Å². The van der Waals surface area contributed by atoms with Gasteiger partial charge in [-0.15, -0.1) is 24.0 Å². The molecule has 0 bridgehead atoms. The number of hydrogen-bond donors (Lipinski definition) is 1. The Morgan fingerprint density at radius 3 is 2.46 bits per heavy atom. The van der Waals surface area contributed by atoms with Crippen molar-refractivity contribution in [3.05, 3.63) is 35.9 Å². The first kappa shape index (κ1) is 23.4. The van der Waals surface area contributed by atoms with E-state index < -0.39 is 9.84 Å². The average Bonchev–Trinajstić information content (AvgIpc) is 2.67. The summed E-state index contributed by atoms with van der Waals surface area (Å²) in [5, 5.41) is 3.47. The van der Waals surface area contributed by atoms with Crippen LogP contribution in [0.1, 0.15) is 24.8 Å². The van der Waals surface area contributed by atoms with E-state index in [1.165, 1.54) is 5.56 Å². The first-order valence-corrected chi connectivity index (χ1v) is 11.7. The fourth-order valence-corrected chi connectivity index (χ4v) is 5.44. The third-order valence-electron chi connectivity index (χ3n) is 5.79. The first-order valence-electron chi connectivity index (χ1n) is 9.92. The molecule has 6 nitrogen and oxygen atoms in total. The summed E-state index contributed by atoms with van der Waals surface area (Å²) in [6.45, 7) is 7.26. The molecule has 1 aromatic rings. The van der Waals surface area contributed by atoms with Crippen LogP contribution in [0.2, 0.25) is 0 Å². The van der Waals surface area contributed by atoms with Crippen LogP contribution >= 0.6 is 24.0 Å². The summed E-state index contributed by atoms with van der Waals surface area (Å²) in [5.41, 5.74) is 1.44. The van der Waals surface area contributed by atoms with Gasteiger partial charge in [0.05, 0.1) is 11.5 Å². The number of likely N-dealkylation sites (tertiary alicyclic amines) is 1. The van der Waals surface area contributed by atoms with Crippen LogP contribution in [0, 0.1) is 5.92 Å². The van der Waals surface area contributed by atoms with Gasteiger partial charge in [-0.2, -0.15) is 0 Å². The molecule has 2 heterocycles. The Kier molecular flexibility index (Phi) is 9.01. The number of piperidine rings is 1. The van der Waals surface area contributed by atoms with Crippen molar-refractivity contribution in [1.82, 2.24) is 15.1 Å². The highest BCUT2D eigenvalue weighted by atomic mass is 127. The summed E-state index contributed by atoms with van der Waals surface area (Å²) in [5.74, 6) is 2.71. The van der Waals surface area contributed by atoms with Crippen molar-refractivity contribution in [2.45, 2.75) is 19.3 Å². The fourth-order valence-electron chi connectivity index (χ4n) is 4.17. The summed E-state index contributed by atoms with van der Waals surface area (Å²) < 4.78 is 23.0. The van der Waals surface area contributed by atoms with E-state index in [1.54, 1.807) is 0 Å². The van der Waals surface area contributed by atoms with Crippen LogP contribution in [0.25, 0.3) is 0 Å². The van der Waals surface area contributed by atoms with Gasteiger partial charge >= 0.3 is 0 Å². The molecule has 8 heteroatoms. The number of nitrogens with one attached hydrogen (secondary N) is 1. The molecule has 2 saturated heterocycles. The molecule has 3 rings (SSSR count). The lowest BCUT2D eigenvalue weighted by Gasteiger charge is -2.39. The van der Waals surface area contributed by atoms with Gasteiger partial charge in [0.15, 0.2) is 15.8 Å². The van der Waals surface area contributed by atoms with Gasteiger partial charge < -0.3 is 10.2 Å². The molecule has 0 amide bonds. The quantitative estimate of drug-likeness (QED) is 0.374. The Bertz CT molecular complexity index is 728. The van der Waals surface area contributed by atoms with E-state index in [0.717, 1.165) is 38.6 Å². The first-order chi connectivity index (χ1) is 13.0. The second-order valence-electron chi connectivity index (χ2n) is 7.70. The van der Waals surface area contributed by atoms with Crippen LogP contribution in [-0.2, 0) is 9.84 Å². The molecule has 2 atom stereocenters. The van der Waals surface area contributed by atoms with Crippen molar-refractivity contribution in [2.75, 3.05) is 57.8 Å². The number of nitrogens with zero attached hydrogens (tertiary/aromatic N) is 3. The lowest BCUT2D eigenvalue weighted by molar-refractivity contribution is 0.233. The topological polar surface area (TPSA) is 65.0 Å². The smallest absolute Gasteiger partial charge is 0.193 e. The summed E-state index contributed by atoms with van der Waals surface area (Å²) in [4.78, 5) is 9.03. The normalized spacial score (nSPS) is 25.8. The van der Waals surface area contributed by atoms with Gasteiger partial charge in [0.2, 0.25) is 0 Å². The molecular weight excluding hydrogens is 487 g/mol. The number of benzene rings is 1. The third kappa shape index (κ3) is 6.32. The SMILES string of the molecule is CN=C(NCCN1CCS(=O)(=O)CC1)N1CCC(c2ccccc2)C(C)C1.I. The lowest BCUT2D eigenvalue weighted by atomic mass is 9.82. The van der Waals surface area contributed by atoms with Crippen LogP contribution in [0.3, 0.4) is 0 Å². The number of sulfone groups is 1. The Morgan fingerprint density at radius 2 is 1.86 bits per heavy atom. The molecule has 158 valence electrons. The number of halogens is 1. The van der Waals surface area contributed by atoms with Crippen molar-refractivity contribution >= 4 is 39.8 Å². The predicted octanol–water partition coefficient (Wildman–Crippen LogP) is 2.04. The zero-order chi connectivity index (χ0) is 19.3.